The van der Waals surface area contributed by atoms with Crippen LogP contribution in [-0.4, -0.2) is 52.0 Å². The minimum absolute atomic E-state index is 0.447. The van der Waals surface area contributed by atoms with E-state index in [0.29, 0.717) is 31.1 Å². The minimum Gasteiger partial charge on any atom is -0.369 e. The zero-order valence-corrected chi connectivity index (χ0v) is 19.3. The highest BCUT2D eigenvalue weighted by Crippen LogP contribution is 2.18. The van der Waals surface area contributed by atoms with Crippen molar-refractivity contribution in [3.8, 4) is 11.3 Å². The number of nitrogens with two attached hydrogens (primary N) is 2. The summed E-state index contributed by atoms with van der Waals surface area (Å²) in [6, 6.07) is 20.3. The Kier molecular flexibility index (Phi) is 9.92. The van der Waals surface area contributed by atoms with Gasteiger partial charge >= 0.3 is 0 Å². The number of aromatic nitrogens is 4. The first kappa shape index (κ1) is 25.1. The van der Waals surface area contributed by atoms with E-state index < -0.39 is 5.91 Å². The van der Waals surface area contributed by atoms with Crippen molar-refractivity contribution in [2.24, 2.45) is 11.5 Å². The van der Waals surface area contributed by atoms with E-state index in [0.717, 1.165) is 29.4 Å². The third-order valence-electron chi connectivity index (χ3n) is 4.62. The van der Waals surface area contributed by atoms with Gasteiger partial charge in [-0.1, -0.05) is 24.3 Å². The van der Waals surface area contributed by atoms with E-state index in [2.05, 4.69) is 35.9 Å². The summed E-state index contributed by atoms with van der Waals surface area (Å²) in [6.07, 6.45) is 5.18. The second-order valence-corrected chi connectivity index (χ2v) is 7.21. The van der Waals surface area contributed by atoms with Crippen LogP contribution in [0.1, 0.15) is 10.4 Å². The van der Waals surface area contributed by atoms with Crippen LogP contribution in [0.3, 0.4) is 0 Å². The summed E-state index contributed by atoms with van der Waals surface area (Å²) < 4.78 is 0. The fraction of sp³-hybridized carbons (Fsp3) is 0.160. The van der Waals surface area contributed by atoms with Crippen LogP contribution in [0.15, 0.2) is 85.3 Å². The van der Waals surface area contributed by atoms with Crippen molar-refractivity contribution in [3.63, 3.8) is 0 Å². The number of hydrogen-bond donors (Lipinski definition) is 5. The van der Waals surface area contributed by atoms with Crippen molar-refractivity contribution in [2.75, 3.05) is 42.1 Å². The second kappa shape index (κ2) is 13.9. The van der Waals surface area contributed by atoms with Crippen LogP contribution in [0.4, 0.5) is 17.6 Å². The number of carbonyl (C=O) groups is 1. The van der Waals surface area contributed by atoms with Crippen LogP contribution in [0, 0.1) is 0 Å². The van der Waals surface area contributed by atoms with Crippen molar-refractivity contribution in [1.82, 2.24) is 19.9 Å². The first-order valence-corrected chi connectivity index (χ1v) is 11.1. The summed E-state index contributed by atoms with van der Waals surface area (Å²) in [6.45, 7) is 2.76. The van der Waals surface area contributed by atoms with Crippen LogP contribution < -0.4 is 27.4 Å². The molecule has 10 nitrogen and oxygen atoms in total. The van der Waals surface area contributed by atoms with Crippen LogP contribution >= 0.6 is 0 Å². The van der Waals surface area contributed by atoms with Gasteiger partial charge in [0, 0.05) is 55.9 Å². The Morgan fingerprint density at radius 1 is 0.714 bits per heavy atom. The Morgan fingerprint density at radius 3 is 1.91 bits per heavy atom. The molecular formula is C25H29N9O. The lowest BCUT2D eigenvalue weighted by Crippen LogP contribution is -2.15. The molecule has 0 atom stereocenters. The zero-order valence-electron chi connectivity index (χ0n) is 19.3. The fourth-order valence-electron chi connectivity index (χ4n) is 2.91. The summed E-state index contributed by atoms with van der Waals surface area (Å²) >= 11 is 0. The van der Waals surface area contributed by atoms with Crippen molar-refractivity contribution >= 4 is 23.5 Å². The molecule has 4 rings (SSSR count). The molecule has 0 unspecified atom stereocenters. The number of benzene rings is 1. The van der Waals surface area contributed by atoms with Crippen molar-refractivity contribution < 1.29 is 4.79 Å². The maximum absolute atomic E-state index is 11.1. The van der Waals surface area contributed by atoms with E-state index in [-0.39, 0.29) is 0 Å². The lowest BCUT2D eigenvalue weighted by molar-refractivity contribution is 0.100. The number of anilines is 3. The Balaban J connectivity index is 0.000000287. The number of amides is 1. The largest absolute Gasteiger partial charge is 0.369 e. The summed E-state index contributed by atoms with van der Waals surface area (Å²) in [5.74, 6) is 1.80. The van der Waals surface area contributed by atoms with Crippen molar-refractivity contribution in [1.29, 1.82) is 0 Å². The van der Waals surface area contributed by atoms with Gasteiger partial charge in [0.25, 0.3) is 0 Å². The highest BCUT2D eigenvalue weighted by Gasteiger charge is 2.04. The van der Waals surface area contributed by atoms with Gasteiger partial charge in [-0.15, -0.1) is 0 Å². The standard InChI is InChI=1S/C18H18N6O.C7H11N3/c19-17(25)14-6-4-13(5-7-14)15-8-10-22-18(24-15)23-12-11-21-16-3-1-2-9-20-16;8-4-6-10-7-3-1-2-5-9-7/h1-10H,11-12H2,(H2,19,25)(H,20,21)(H,22,23,24);1-3,5H,4,6,8H2,(H,9,10). The van der Waals surface area contributed by atoms with E-state index in [9.17, 15) is 4.79 Å². The molecule has 3 heterocycles. The number of nitrogens with zero attached hydrogens (tertiary/aromatic N) is 4. The molecular weight excluding hydrogens is 442 g/mol. The second-order valence-electron chi connectivity index (χ2n) is 7.21. The predicted molar refractivity (Wildman–Crippen MR) is 139 cm³/mol. The molecule has 4 aromatic rings. The monoisotopic (exact) mass is 471 g/mol. The van der Waals surface area contributed by atoms with Crippen LogP contribution in [0.25, 0.3) is 11.3 Å². The summed E-state index contributed by atoms with van der Waals surface area (Å²) in [5, 5.41) is 9.43. The lowest BCUT2D eigenvalue weighted by atomic mass is 10.1. The summed E-state index contributed by atoms with van der Waals surface area (Å²) in [4.78, 5) is 28.1. The van der Waals surface area contributed by atoms with Crippen molar-refractivity contribution in [2.45, 2.75) is 0 Å². The Morgan fingerprint density at radius 2 is 1.34 bits per heavy atom. The molecule has 10 heteroatoms. The molecule has 7 N–H and O–H groups in total. The quantitative estimate of drug-likeness (QED) is 0.219. The van der Waals surface area contributed by atoms with Gasteiger partial charge in [0.2, 0.25) is 11.9 Å². The molecule has 1 aromatic carbocycles. The molecule has 0 saturated heterocycles. The Bertz CT molecular complexity index is 1160. The average molecular weight is 472 g/mol. The summed E-state index contributed by atoms with van der Waals surface area (Å²) in [7, 11) is 0. The molecule has 0 saturated carbocycles. The van der Waals surface area contributed by atoms with Crippen LogP contribution in [-0.2, 0) is 0 Å². The van der Waals surface area contributed by atoms with Crippen LogP contribution in [0.5, 0.6) is 0 Å². The van der Waals surface area contributed by atoms with E-state index >= 15 is 0 Å². The molecule has 180 valence electrons. The van der Waals surface area contributed by atoms with Gasteiger partial charge in [0.15, 0.2) is 0 Å². The van der Waals surface area contributed by atoms with E-state index in [1.165, 1.54) is 0 Å². The molecule has 0 aliphatic rings. The SMILES string of the molecule is NC(=O)c1ccc(-c2ccnc(NCCNc3ccccn3)n2)cc1.NCCNc1ccccn1. The fourth-order valence-corrected chi connectivity index (χ4v) is 2.91. The number of nitrogens with one attached hydrogen (secondary N) is 3. The van der Waals surface area contributed by atoms with Gasteiger partial charge in [-0.3, -0.25) is 4.79 Å². The number of hydrogen-bond acceptors (Lipinski definition) is 9. The number of primary amides is 1. The summed E-state index contributed by atoms with van der Waals surface area (Å²) in [5.41, 5.74) is 12.7. The molecule has 1 amide bonds. The number of carbonyl (C=O) groups excluding carboxylic acids is 1. The van der Waals surface area contributed by atoms with Crippen LogP contribution in [0.2, 0.25) is 0 Å². The highest BCUT2D eigenvalue weighted by molar-refractivity contribution is 5.93. The molecule has 0 aliphatic heterocycles. The van der Waals surface area contributed by atoms with Gasteiger partial charge in [-0.05, 0) is 42.5 Å². The normalized spacial score (nSPS) is 9.97. The van der Waals surface area contributed by atoms with Gasteiger partial charge in [-0.25, -0.2) is 19.9 Å². The van der Waals surface area contributed by atoms with E-state index in [1.807, 2.05) is 54.6 Å². The predicted octanol–water partition coefficient (Wildman–Crippen LogP) is 2.61. The van der Waals surface area contributed by atoms with Gasteiger partial charge < -0.3 is 27.4 Å². The smallest absolute Gasteiger partial charge is 0.248 e. The average Bonchev–Trinajstić information content (AvgIpc) is 2.92. The maximum atomic E-state index is 11.1. The molecule has 0 aliphatic carbocycles. The molecule has 0 radical (unpaired) electrons. The van der Waals surface area contributed by atoms with Crippen molar-refractivity contribution in [3.05, 3.63) is 90.9 Å². The van der Waals surface area contributed by atoms with Gasteiger partial charge in [-0.2, -0.15) is 0 Å². The Labute approximate surface area is 204 Å². The zero-order chi connectivity index (χ0) is 24.7. The minimum atomic E-state index is -0.447. The third kappa shape index (κ3) is 8.71. The molecule has 35 heavy (non-hydrogen) atoms. The number of pyridine rings is 2. The highest BCUT2D eigenvalue weighted by atomic mass is 16.1. The molecule has 0 fully saturated rings. The lowest BCUT2D eigenvalue weighted by Gasteiger charge is -2.08. The van der Waals surface area contributed by atoms with Gasteiger partial charge in [0.05, 0.1) is 5.69 Å². The third-order valence-corrected chi connectivity index (χ3v) is 4.62. The molecule has 3 aromatic heterocycles. The number of rotatable bonds is 10. The molecule has 0 bridgehead atoms. The maximum Gasteiger partial charge on any atom is 0.248 e. The van der Waals surface area contributed by atoms with Gasteiger partial charge in [0.1, 0.15) is 11.6 Å². The van der Waals surface area contributed by atoms with E-state index in [1.54, 1.807) is 30.7 Å². The van der Waals surface area contributed by atoms with E-state index in [4.69, 9.17) is 11.5 Å². The first-order chi connectivity index (χ1) is 17.2. The Hall–Kier alpha value is -4.57. The first-order valence-electron chi connectivity index (χ1n) is 11.1. The molecule has 0 spiro atoms. The topological polar surface area (TPSA) is 157 Å².